The highest BCUT2D eigenvalue weighted by atomic mass is 16.3. The molecule has 16 heavy (non-hydrogen) atoms. The fourth-order valence-corrected chi connectivity index (χ4v) is 1.95. The van der Waals surface area contributed by atoms with Crippen molar-refractivity contribution in [2.45, 2.75) is 25.5 Å². The van der Waals surface area contributed by atoms with Gasteiger partial charge in [0.2, 0.25) is 0 Å². The third kappa shape index (κ3) is 2.91. The first-order valence-electron chi connectivity index (χ1n) is 5.61. The second-order valence-electron chi connectivity index (χ2n) is 4.17. The average molecular weight is 222 g/mol. The lowest BCUT2D eigenvalue weighted by Crippen LogP contribution is -2.35. The summed E-state index contributed by atoms with van der Waals surface area (Å²) < 4.78 is 0. The van der Waals surface area contributed by atoms with Crippen LogP contribution in [0.25, 0.3) is 0 Å². The summed E-state index contributed by atoms with van der Waals surface area (Å²) in [5.41, 5.74) is 3.55. The predicted molar refractivity (Wildman–Crippen MR) is 62.6 cm³/mol. The molecule has 1 aromatic rings. The van der Waals surface area contributed by atoms with Gasteiger partial charge in [-0.05, 0) is 25.0 Å². The zero-order chi connectivity index (χ0) is 11.4. The van der Waals surface area contributed by atoms with Crippen molar-refractivity contribution in [1.29, 1.82) is 0 Å². The van der Waals surface area contributed by atoms with Gasteiger partial charge in [0.15, 0.2) is 0 Å². The number of nitrogens with one attached hydrogen (secondary N) is 1. The number of aromatic nitrogens is 1. The van der Waals surface area contributed by atoms with E-state index in [9.17, 15) is 5.11 Å². The van der Waals surface area contributed by atoms with Gasteiger partial charge in [-0.2, -0.15) is 0 Å². The number of hydrazine groups is 1. The SMILES string of the molecule is NNc1cccc(CN2CCC(O)CC2)n1. The van der Waals surface area contributed by atoms with Crippen LogP contribution < -0.4 is 11.3 Å². The van der Waals surface area contributed by atoms with Gasteiger partial charge in [-0.1, -0.05) is 6.07 Å². The van der Waals surface area contributed by atoms with E-state index in [0.717, 1.165) is 38.2 Å². The van der Waals surface area contributed by atoms with Crippen molar-refractivity contribution in [2.24, 2.45) is 5.84 Å². The molecule has 88 valence electrons. The van der Waals surface area contributed by atoms with E-state index in [1.807, 2.05) is 18.2 Å². The number of likely N-dealkylation sites (tertiary alicyclic amines) is 1. The fraction of sp³-hybridized carbons (Fsp3) is 0.545. The lowest BCUT2D eigenvalue weighted by Gasteiger charge is -2.29. The molecule has 1 saturated heterocycles. The van der Waals surface area contributed by atoms with Gasteiger partial charge in [0.25, 0.3) is 0 Å². The van der Waals surface area contributed by atoms with Crippen molar-refractivity contribution in [3.63, 3.8) is 0 Å². The second-order valence-corrected chi connectivity index (χ2v) is 4.17. The van der Waals surface area contributed by atoms with Crippen LogP contribution in [0.15, 0.2) is 18.2 Å². The Hall–Kier alpha value is -1.17. The molecule has 5 heteroatoms. The van der Waals surface area contributed by atoms with Gasteiger partial charge < -0.3 is 10.5 Å². The minimum atomic E-state index is -0.124. The van der Waals surface area contributed by atoms with Gasteiger partial charge in [-0.15, -0.1) is 0 Å². The fourth-order valence-electron chi connectivity index (χ4n) is 1.95. The van der Waals surface area contributed by atoms with Gasteiger partial charge >= 0.3 is 0 Å². The molecule has 0 aromatic carbocycles. The topological polar surface area (TPSA) is 74.4 Å². The number of piperidine rings is 1. The molecular formula is C11H18N4O. The number of pyridine rings is 1. The molecule has 0 spiro atoms. The van der Waals surface area contributed by atoms with Crippen LogP contribution in [0, 0.1) is 0 Å². The van der Waals surface area contributed by atoms with Crippen molar-refractivity contribution in [2.75, 3.05) is 18.5 Å². The Balaban J connectivity index is 1.93. The molecule has 2 heterocycles. The molecule has 2 rings (SSSR count). The van der Waals surface area contributed by atoms with Crippen LogP contribution in [0.2, 0.25) is 0 Å². The molecule has 4 N–H and O–H groups in total. The van der Waals surface area contributed by atoms with E-state index in [4.69, 9.17) is 5.84 Å². The second kappa shape index (κ2) is 5.25. The summed E-state index contributed by atoms with van der Waals surface area (Å²) in [5.74, 6) is 6.00. The van der Waals surface area contributed by atoms with Crippen LogP contribution >= 0.6 is 0 Å². The van der Waals surface area contributed by atoms with E-state index in [0.29, 0.717) is 5.82 Å². The van der Waals surface area contributed by atoms with Crippen LogP contribution in [0.3, 0.4) is 0 Å². The summed E-state index contributed by atoms with van der Waals surface area (Å²) in [7, 11) is 0. The number of nitrogens with zero attached hydrogens (tertiary/aromatic N) is 2. The van der Waals surface area contributed by atoms with E-state index in [1.165, 1.54) is 0 Å². The average Bonchev–Trinajstić information content (AvgIpc) is 2.32. The zero-order valence-electron chi connectivity index (χ0n) is 9.26. The summed E-state index contributed by atoms with van der Waals surface area (Å²) in [6.45, 7) is 2.69. The molecule has 0 radical (unpaired) electrons. The van der Waals surface area contributed by atoms with Gasteiger partial charge in [0.05, 0.1) is 11.8 Å². The molecule has 1 fully saturated rings. The molecule has 0 atom stereocenters. The Labute approximate surface area is 95.2 Å². The van der Waals surface area contributed by atoms with Crippen LogP contribution in [-0.2, 0) is 6.54 Å². The van der Waals surface area contributed by atoms with Crippen LogP contribution in [-0.4, -0.2) is 34.2 Å². The first-order chi connectivity index (χ1) is 7.78. The molecule has 1 aromatic heterocycles. The minimum Gasteiger partial charge on any atom is -0.393 e. The Morgan fingerprint density at radius 2 is 2.19 bits per heavy atom. The molecule has 1 aliphatic heterocycles. The Morgan fingerprint density at radius 3 is 2.88 bits per heavy atom. The Bertz CT molecular complexity index is 337. The van der Waals surface area contributed by atoms with E-state index >= 15 is 0 Å². The van der Waals surface area contributed by atoms with Crippen molar-refractivity contribution >= 4 is 5.82 Å². The monoisotopic (exact) mass is 222 g/mol. The quantitative estimate of drug-likeness (QED) is 0.507. The summed E-state index contributed by atoms with van der Waals surface area (Å²) in [4.78, 5) is 6.67. The standard InChI is InChI=1S/C11H18N4O/c12-14-11-3-1-2-9(13-11)8-15-6-4-10(16)5-7-15/h1-3,10,16H,4-8,12H2,(H,13,14). The summed E-state index contributed by atoms with van der Waals surface area (Å²) in [5, 5.41) is 9.41. The van der Waals surface area contributed by atoms with E-state index < -0.39 is 0 Å². The van der Waals surface area contributed by atoms with E-state index in [1.54, 1.807) is 0 Å². The third-order valence-corrected chi connectivity index (χ3v) is 2.90. The Morgan fingerprint density at radius 1 is 1.44 bits per heavy atom. The van der Waals surface area contributed by atoms with Crippen molar-refractivity contribution in [1.82, 2.24) is 9.88 Å². The summed E-state index contributed by atoms with van der Waals surface area (Å²) in [6.07, 6.45) is 1.59. The highest BCUT2D eigenvalue weighted by Gasteiger charge is 2.17. The maximum atomic E-state index is 9.41. The number of rotatable bonds is 3. The van der Waals surface area contributed by atoms with Gasteiger partial charge in [0, 0.05) is 19.6 Å². The van der Waals surface area contributed by atoms with E-state index in [2.05, 4.69) is 15.3 Å². The number of nitrogen functional groups attached to an aromatic ring is 1. The van der Waals surface area contributed by atoms with E-state index in [-0.39, 0.29) is 6.10 Å². The number of hydrogen-bond acceptors (Lipinski definition) is 5. The molecule has 0 amide bonds. The van der Waals surface area contributed by atoms with Gasteiger partial charge in [0.1, 0.15) is 5.82 Å². The highest BCUT2D eigenvalue weighted by Crippen LogP contribution is 2.13. The Kier molecular flexibility index (Phi) is 3.71. The maximum absolute atomic E-state index is 9.41. The lowest BCUT2D eigenvalue weighted by molar-refractivity contribution is 0.0787. The van der Waals surface area contributed by atoms with Crippen molar-refractivity contribution in [3.8, 4) is 0 Å². The molecule has 0 aliphatic carbocycles. The summed E-state index contributed by atoms with van der Waals surface area (Å²) in [6, 6.07) is 5.77. The lowest BCUT2D eigenvalue weighted by atomic mass is 10.1. The van der Waals surface area contributed by atoms with Crippen molar-refractivity contribution < 1.29 is 5.11 Å². The van der Waals surface area contributed by atoms with Gasteiger partial charge in [-0.3, -0.25) is 4.90 Å². The number of anilines is 1. The maximum Gasteiger partial charge on any atom is 0.140 e. The first-order valence-corrected chi connectivity index (χ1v) is 5.61. The number of nitrogens with two attached hydrogens (primary N) is 1. The molecular weight excluding hydrogens is 204 g/mol. The van der Waals surface area contributed by atoms with Crippen LogP contribution in [0.4, 0.5) is 5.82 Å². The first kappa shape index (κ1) is 11.3. The van der Waals surface area contributed by atoms with Crippen LogP contribution in [0.5, 0.6) is 0 Å². The number of aliphatic hydroxyl groups excluding tert-OH is 1. The molecule has 1 aliphatic rings. The minimum absolute atomic E-state index is 0.124. The number of hydrogen-bond donors (Lipinski definition) is 3. The summed E-state index contributed by atoms with van der Waals surface area (Å²) >= 11 is 0. The molecule has 0 bridgehead atoms. The smallest absolute Gasteiger partial charge is 0.140 e. The zero-order valence-corrected chi connectivity index (χ0v) is 9.26. The highest BCUT2D eigenvalue weighted by molar-refractivity contribution is 5.33. The van der Waals surface area contributed by atoms with Gasteiger partial charge in [-0.25, -0.2) is 10.8 Å². The normalized spacial score (nSPS) is 18.6. The third-order valence-electron chi connectivity index (χ3n) is 2.90. The largest absolute Gasteiger partial charge is 0.393 e. The molecule has 5 nitrogen and oxygen atoms in total. The van der Waals surface area contributed by atoms with Crippen LogP contribution in [0.1, 0.15) is 18.5 Å². The predicted octanol–water partition coefficient (Wildman–Crippen LogP) is 0.324. The number of aliphatic hydroxyl groups is 1. The molecule has 0 unspecified atom stereocenters. The van der Waals surface area contributed by atoms with Crippen molar-refractivity contribution in [3.05, 3.63) is 23.9 Å². The molecule has 0 saturated carbocycles.